The van der Waals surface area contributed by atoms with Crippen molar-refractivity contribution >= 4 is 27.3 Å². The molecule has 0 radical (unpaired) electrons. The van der Waals surface area contributed by atoms with Crippen LogP contribution in [0.15, 0.2) is 40.9 Å². The van der Waals surface area contributed by atoms with E-state index in [1.165, 1.54) is 12.1 Å². The Morgan fingerprint density at radius 3 is 2.52 bits per heavy atom. The zero-order valence-electron chi connectivity index (χ0n) is 12.8. The Kier molecular flexibility index (Phi) is 5.81. The van der Waals surface area contributed by atoms with Crippen molar-refractivity contribution in [2.24, 2.45) is 0 Å². The number of nitro groups is 1. The minimum absolute atomic E-state index is 0.0704. The van der Waals surface area contributed by atoms with Crippen LogP contribution in [-0.4, -0.2) is 18.6 Å². The third-order valence-electron chi connectivity index (χ3n) is 3.15. The summed E-state index contributed by atoms with van der Waals surface area (Å²) >= 11 is 3.48. The number of halogens is 1. The third kappa shape index (κ3) is 4.35. The molecule has 0 heterocycles. The van der Waals surface area contributed by atoms with Gasteiger partial charge in [0.15, 0.2) is 11.5 Å². The van der Waals surface area contributed by atoms with Gasteiger partial charge in [0, 0.05) is 24.4 Å². The predicted molar refractivity (Wildman–Crippen MR) is 92.3 cm³/mol. The topological polar surface area (TPSA) is 73.6 Å². The van der Waals surface area contributed by atoms with E-state index < -0.39 is 4.92 Å². The van der Waals surface area contributed by atoms with Crippen molar-refractivity contribution in [3.63, 3.8) is 0 Å². The van der Waals surface area contributed by atoms with Crippen molar-refractivity contribution in [3.8, 4) is 11.5 Å². The lowest BCUT2D eigenvalue weighted by Crippen LogP contribution is -2.02. The summed E-state index contributed by atoms with van der Waals surface area (Å²) in [6.45, 7) is 3.02. The van der Waals surface area contributed by atoms with Crippen LogP contribution in [0.3, 0.4) is 0 Å². The van der Waals surface area contributed by atoms with Gasteiger partial charge in [0.05, 0.1) is 23.1 Å². The van der Waals surface area contributed by atoms with Crippen molar-refractivity contribution in [3.05, 3.63) is 56.5 Å². The molecule has 23 heavy (non-hydrogen) atoms. The number of methoxy groups -OCH3 is 1. The molecule has 2 aromatic rings. The molecule has 0 saturated heterocycles. The van der Waals surface area contributed by atoms with Crippen LogP contribution in [0.5, 0.6) is 11.5 Å². The predicted octanol–water partition coefficient (Wildman–Crippen LogP) is 4.38. The molecule has 0 aromatic heterocycles. The molecule has 6 nitrogen and oxygen atoms in total. The highest BCUT2D eigenvalue weighted by Gasteiger charge is 2.11. The lowest BCUT2D eigenvalue weighted by atomic mass is 10.2. The maximum atomic E-state index is 10.6. The van der Waals surface area contributed by atoms with Crippen LogP contribution in [0.1, 0.15) is 12.5 Å². The number of benzene rings is 2. The number of ether oxygens (including phenoxy) is 2. The van der Waals surface area contributed by atoms with E-state index in [0.717, 1.165) is 15.7 Å². The van der Waals surface area contributed by atoms with E-state index in [0.29, 0.717) is 24.7 Å². The summed E-state index contributed by atoms with van der Waals surface area (Å²) in [7, 11) is 1.60. The van der Waals surface area contributed by atoms with E-state index in [1.807, 2.05) is 19.1 Å². The van der Waals surface area contributed by atoms with E-state index in [2.05, 4.69) is 21.2 Å². The van der Waals surface area contributed by atoms with Gasteiger partial charge >= 0.3 is 0 Å². The molecule has 2 aromatic carbocycles. The summed E-state index contributed by atoms with van der Waals surface area (Å²) in [5.41, 5.74) is 1.87. The first-order valence-corrected chi connectivity index (χ1v) is 7.82. The Morgan fingerprint density at radius 2 is 1.96 bits per heavy atom. The quantitative estimate of drug-likeness (QED) is 0.569. The third-order valence-corrected chi connectivity index (χ3v) is 3.74. The van der Waals surface area contributed by atoms with Crippen LogP contribution in [0.25, 0.3) is 0 Å². The average molecular weight is 381 g/mol. The second kappa shape index (κ2) is 7.82. The smallest absolute Gasteiger partial charge is 0.269 e. The Hall–Kier alpha value is -2.28. The van der Waals surface area contributed by atoms with Crippen molar-refractivity contribution in [2.45, 2.75) is 13.5 Å². The number of nitrogens with one attached hydrogen (secondary N) is 1. The summed E-state index contributed by atoms with van der Waals surface area (Å²) in [6.07, 6.45) is 0. The highest BCUT2D eigenvalue weighted by molar-refractivity contribution is 9.10. The monoisotopic (exact) mass is 380 g/mol. The zero-order chi connectivity index (χ0) is 16.8. The summed E-state index contributed by atoms with van der Waals surface area (Å²) in [6, 6.07) is 10.1. The van der Waals surface area contributed by atoms with E-state index in [1.54, 1.807) is 19.2 Å². The molecule has 122 valence electrons. The van der Waals surface area contributed by atoms with Gasteiger partial charge in [-0.3, -0.25) is 10.1 Å². The molecule has 0 spiro atoms. The van der Waals surface area contributed by atoms with E-state index >= 15 is 0 Å². The first-order chi connectivity index (χ1) is 11.0. The molecular weight excluding hydrogens is 364 g/mol. The minimum atomic E-state index is -0.418. The van der Waals surface area contributed by atoms with Gasteiger partial charge in [-0.15, -0.1) is 0 Å². The lowest BCUT2D eigenvalue weighted by molar-refractivity contribution is -0.384. The second-order valence-electron chi connectivity index (χ2n) is 4.70. The van der Waals surface area contributed by atoms with Gasteiger partial charge in [-0.2, -0.15) is 0 Å². The number of anilines is 1. The van der Waals surface area contributed by atoms with Crippen molar-refractivity contribution in [1.82, 2.24) is 0 Å². The number of nitrogens with zero attached hydrogens (tertiary/aromatic N) is 1. The van der Waals surface area contributed by atoms with Gasteiger partial charge in [-0.05, 0) is 52.7 Å². The lowest BCUT2D eigenvalue weighted by Gasteiger charge is -2.14. The SMILES string of the molecule is CCOc1c(Br)cc(CNc2ccc([N+](=O)[O-])cc2)cc1OC. The minimum Gasteiger partial charge on any atom is -0.493 e. The van der Waals surface area contributed by atoms with Crippen LogP contribution in [-0.2, 0) is 6.54 Å². The summed E-state index contributed by atoms with van der Waals surface area (Å²) in [4.78, 5) is 10.2. The number of rotatable bonds is 7. The van der Waals surface area contributed by atoms with Crippen LogP contribution < -0.4 is 14.8 Å². The molecule has 0 aliphatic carbocycles. The highest BCUT2D eigenvalue weighted by atomic mass is 79.9. The van der Waals surface area contributed by atoms with Gasteiger partial charge in [0.1, 0.15) is 0 Å². The summed E-state index contributed by atoms with van der Waals surface area (Å²) in [5, 5.41) is 13.9. The number of non-ortho nitro benzene ring substituents is 1. The zero-order valence-corrected chi connectivity index (χ0v) is 14.4. The average Bonchev–Trinajstić information content (AvgIpc) is 2.55. The van der Waals surface area contributed by atoms with Gasteiger partial charge in [-0.1, -0.05) is 0 Å². The fraction of sp³-hybridized carbons (Fsp3) is 0.250. The molecule has 2 rings (SSSR count). The fourth-order valence-corrected chi connectivity index (χ4v) is 2.67. The second-order valence-corrected chi connectivity index (χ2v) is 5.55. The fourth-order valence-electron chi connectivity index (χ4n) is 2.06. The van der Waals surface area contributed by atoms with Crippen LogP contribution in [0, 0.1) is 10.1 Å². The number of hydrogen-bond acceptors (Lipinski definition) is 5. The number of hydrogen-bond donors (Lipinski definition) is 1. The van der Waals surface area contributed by atoms with Gasteiger partial charge in [0.2, 0.25) is 0 Å². The standard InChI is InChI=1S/C16H17BrN2O4/c1-3-23-16-14(17)8-11(9-15(16)22-2)10-18-12-4-6-13(7-5-12)19(20)21/h4-9,18H,3,10H2,1-2H3. The molecule has 7 heteroatoms. The first kappa shape index (κ1) is 17.1. The molecule has 1 N–H and O–H groups in total. The Balaban J connectivity index is 2.11. The molecule has 0 atom stereocenters. The number of nitro benzene ring substituents is 1. The Morgan fingerprint density at radius 1 is 1.26 bits per heavy atom. The molecule has 0 aliphatic heterocycles. The highest BCUT2D eigenvalue weighted by Crippen LogP contribution is 2.36. The van der Waals surface area contributed by atoms with Gasteiger partial charge < -0.3 is 14.8 Å². The Bertz CT molecular complexity index is 689. The van der Waals surface area contributed by atoms with Crippen molar-refractivity contribution in [2.75, 3.05) is 19.0 Å². The molecule has 0 amide bonds. The maximum absolute atomic E-state index is 10.6. The molecule has 0 bridgehead atoms. The molecule has 0 unspecified atom stereocenters. The normalized spacial score (nSPS) is 10.2. The molecule has 0 aliphatic rings. The van der Waals surface area contributed by atoms with E-state index in [-0.39, 0.29) is 5.69 Å². The van der Waals surface area contributed by atoms with E-state index in [9.17, 15) is 10.1 Å². The molecular formula is C16H17BrN2O4. The maximum Gasteiger partial charge on any atom is 0.269 e. The van der Waals surface area contributed by atoms with Crippen LogP contribution in [0.4, 0.5) is 11.4 Å². The van der Waals surface area contributed by atoms with Gasteiger partial charge in [0.25, 0.3) is 5.69 Å². The summed E-state index contributed by atoms with van der Waals surface area (Å²) in [5.74, 6) is 1.33. The van der Waals surface area contributed by atoms with Crippen molar-refractivity contribution in [1.29, 1.82) is 0 Å². The van der Waals surface area contributed by atoms with Crippen LogP contribution >= 0.6 is 15.9 Å². The molecule has 0 fully saturated rings. The van der Waals surface area contributed by atoms with E-state index in [4.69, 9.17) is 9.47 Å². The first-order valence-electron chi connectivity index (χ1n) is 7.02. The molecule has 0 saturated carbocycles. The van der Waals surface area contributed by atoms with Crippen molar-refractivity contribution < 1.29 is 14.4 Å². The summed E-state index contributed by atoms with van der Waals surface area (Å²) < 4.78 is 11.7. The van der Waals surface area contributed by atoms with Crippen LogP contribution in [0.2, 0.25) is 0 Å². The van der Waals surface area contributed by atoms with Gasteiger partial charge in [-0.25, -0.2) is 0 Å². The largest absolute Gasteiger partial charge is 0.493 e. The Labute approximate surface area is 142 Å².